The van der Waals surface area contributed by atoms with Gasteiger partial charge in [0.2, 0.25) is 0 Å². The first-order chi connectivity index (χ1) is 15.4. The normalized spacial score (nSPS) is 17.5. The van der Waals surface area contributed by atoms with Crippen molar-refractivity contribution in [3.63, 3.8) is 0 Å². The molecule has 1 amide bonds. The molecule has 0 spiro atoms. The van der Waals surface area contributed by atoms with Crippen molar-refractivity contribution in [1.29, 1.82) is 0 Å². The van der Waals surface area contributed by atoms with Gasteiger partial charge in [-0.15, -0.1) is 0 Å². The Labute approximate surface area is 188 Å². The van der Waals surface area contributed by atoms with E-state index in [9.17, 15) is 9.18 Å². The molecule has 170 valence electrons. The second-order valence-corrected chi connectivity index (χ2v) is 8.62. The number of fused-ring (bicyclic) bond motifs is 1. The van der Waals surface area contributed by atoms with Crippen LogP contribution in [0.15, 0.2) is 36.4 Å². The van der Waals surface area contributed by atoms with Gasteiger partial charge in [0.15, 0.2) is 11.6 Å². The lowest BCUT2D eigenvalue weighted by molar-refractivity contribution is 0.0804. The molecule has 1 fully saturated rings. The predicted octanol–water partition coefficient (Wildman–Crippen LogP) is 3.86. The van der Waals surface area contributed by atoms with Gasteiger partial charge in [-0.3, -0.25) is 4.79 Å². The van der Waals surface area contributed by atoms with Crippen LogP contribution in [0.2, 0.25) is 0 Å². The van der Waals surface area contributed by atoms with Crippen molar-refractivity contribution in [2.75, 3.05) is 31.9 Å². The molecule has 0 unspecified atom stereocenters. The molecule has 1 saturated heterocycles. The Morgan fingerprint density at radius 2 is 1.94 bits per heavy atom. The Balaban J connectivity index is 1.24. The van der Waals surface area contributed by atoms with E-state index >= 15 is 0 Å². The number of allylic oxidation sites excluding steroid dienone is 1. The summed E-state index contributed by atoms with van der Waals surface area (Å²) in [5.41, 5.74) is 8.08. The number of aromatic nitrogens is 2. The van der Waals surface area contributed by atoms with Gasteiger partial charge in [-0.1, -0.05) is 6.07 Å². The van der Waals surface area contributed by atoms with Crippen molar-refractivity contribution < 1.29 is 13.9 Å². The molecule has 32 heavy (non-hydrogen) atoms. The number of piperidine rings is 1. The zero-order valence-corrected chi connectivity index (χ0v) is 18.7. The van der Waals surface area contributed by atoms with Gasteiger partial charge < -0.3 is 20.3 Å². The van der Waals surface area contributed by atoms with Crippen LogP contribution in [0.3, 0.4) is 0 Å². The molecule has 7 nitrogen and oxygen atoms in total. The number of rotatable bonds is 6. The third-order valence-electron chi connectivity index (χ3n) is 6.24. The number of benzene rings is 1. The number of hydrogen-bond donors (Lipinski definition) is 1. The van der Waals surface area contributed by atoms with Gasteiger partial charge in [-0.05, 0) is 76.9 Å². The molecule has 4 rings (SSSR count). The van der Waals surface area contributed by atoms with Gasteiger partial charge in [0.05, 0.1) is 17.5 Å². The third-order valence-corrected chi connectivity index (χ3v) is 6.24. The van der Waals surface area contributed by atoms with Crippen LogP contribution in [-0.4, -0.2) is 51.9 Å². The van der Waals surface area contributed by atoms with E-state index < -0.39 is 5.82 Å². The minimum atomic E-state index is -0.565. The second kappa shape index (κ2) is 9.65. The first kappa shape index (κ1) is 22.2. The standard InChI is InChI=1S/C24H30FN5O2/c1-16-5-6-19-21(13-16)32-15-17(2)30(24(19)31)10-4-3-9-29-11-7-18(8-12-29)23-27-14-20(25)22(26)28-23/h5-6,13-15,18H,3-4,7-12H2,1-2H3,(H2,26,27,28). The highest BCUT2D eigenvalue weighted by Crippen LogP contribution is 2.28. The van der Waals surface area contributed by atoms with Gasteiger partial charge in [-0.25, -0.2) is 14.4 Å². The SMILES string of the molecule is CC1=COc2cc(C)ccc2C(=O)N1CCCCN1CCC(c2ncc(F)c(N)n2)CC1. The van der Waals surface area contributed by atoms with Crippen LogP contribution < -0.4 is 10.5 Å². The fourth-order valence-electron chi connectivity index (χ4n) is 4.31. The van der Waals surface area contributed by atoms with Gasteiger partial charge in [0.25, 0.3) is 5.91 Å². The first-order valence-electron chi connectivity index (χ1n) is 11.2. The largest absolute Gasteiger partial charge is 0.462 e. The topological polar surface area (TPSA) is 84.6 Å². The maximum absolute atomic E-state index is 13.3. The molecule has 2 aliphatic rings. The molecule has 8 heteroatoms. The predicted molar refractivity (Wildman–Crippen MR) is 121 cm³/mol. The molecule has 3 heterocycles. The number of halogens is 1. The van der Waals surface area contributed by atoms with Crippen LogP contribution >= 0.6 is 0 Å². The smallest absolute Gasteiger partial charge is 0.261 e. The number of unbranched alkanes of at least 4 members (excludes halogenated alkanes) is 1. The minimum Gasteiger partial charge on any atom is -0.462 e. The number of aryl methyl sites for hydroxylation is 1. The zero-order valence-electron chi connectivity index (χ0n) is 18.7. The summed E-state index contributed by atoms with van der Waals surface area (Å²) in [5.74, 6) is 0.832. The monoisotopic (exact) mass is 439 g/mol. The Hall–Kier alpha value is -3.00. The summed E-state index contributed by atoms with van der Waals surface area (Å²) < 4.78 is 19.0. The molecule has 1 aromatic carbocycles. The Bertz CT molecular complexity index is 1020. The highest BCUT2D eigenvalue weighted by atomic mass is 19.1. The molecule has 0 bridgehead atoms. The molecule has 2 aliphatic heterocycles. The lowest BCUT2D eigenvalue weighted by Crippen LogP contribution is -2.35. The average molecular weight is 440 g/mol. The number of hydrogen-bond acceptors (Lipinski definition) is 6. The van der Waals surface area contributed by atoms with E-state index in [-0.39, 0.29) is 17.6 Å². The summed E-state index contributed by atoms with van der Waals surface area (Å²) in [7, 11) is 0. The Morgan fingerprint density at radius 3 is 2.69 bits per heavy atom. The number of nitrogens with zero attached hydrogens (tertiary/aromatic N) is 4. The fourth-order valence-corrected chi connectivity index (χ4v) is 4.31. The number of carbonyl (C=O) groups is 1. The lowest BCUT2D eigenvalue weighted by Gasteiger charge is -2.31. The quantitative estimate of drug-likeness (QED) is 0.688. The molecule has 0 aliphatic carbocycles. The van der Waals surface area contributed by atoms with Gasteiger partial charge in [-0.2, -0.15) is 0 Å². The second-order valence-electron chi connectivity index (χ2n) is 8.62. The van der Waals surface area contributed by atoms with E-state index in [4.69, 9.17) is 10.5 Å². The number of nitrogen functional groups attached to an aromatic ring is 1. The summed E-state index contributed by atoms with van der Waals surface area (Å²) in [6.07, 6.45) is 6.61. The van der Waals surface area contributed by atoms with E-state index in [1.165, 1.54) is 0 Å². The average Bonchev–Trinajstić information content (AvgIpc) is 2.90. The van der Waals surface area contributed by atoms with Crippen LogP contribution in [-0.2, 0) is 0 Å². The number of likely N-dealkylation sites (tertiary alicyclic amines) is 1. The summed E-state index contributed by atoms with van der Waals surface area (Å²) >= 11 is 0. The molecule has 0 saturated carbocycles. The van der Waals surface area contributed by atoms with Crippen molar-refractivity contribution in [3.05, 3.63) is 59.1 Å². The molecular weight excluding hydrogens is 409 g/mol. The van der Waals surface area contributed by atoms with Gasteiger partial charge >= 0.3 is 0 Å². The van der Waals surface area contributed by atoms with E-state index in [1.54, 1.807) is 6.26 Å². The number of carbonyl (C=O) groups excluding carboxylic acids is 1. The molecule has 2 N–H and O–H groups in total. The number of nitrogens with two attached hydrogens (primary N) is 1. The summed E-state index contributed by atoms with van der Waals surface area (Å²) in [4.78, 5) is 25.5. The molecule has 0 radical (unpaired) electrons. The Kier molecular flexibility index (Phi) is 6.69. The number of anilines is 1. The van der Waals surface area contributed by atoms with E-state index in [0.29, 0.717) is 23.7 Å². The van der Waals surface area contributed by atoms with E-state index in [0.717, 1.165) is 62.8 Å². The highest BCUT2D eigenvalue weighted by molar-refractivity contribution is 5.98. The Morgan fingerprint density at radius 1 is 1.19 bits per heavy atom. The highest BCUT2D eigenvalue weighted by Gasteiger charge is 2.25. The molecule has 0 atom stereocenters. The molecular formula is C24H30FN5O2. The molecule has 2 aromatic rings. The summed E-state index contributed by atoms with van der Waals surface area (Å²) in [6.45, 7) is 7.44. The van der Waals surface area contributed by atoms with Crippen LogP contribution in [0.4, 0.5) is 10.2 Å². The van der Waals surface area contributed by atoms with Crippen LogP contribution in [0, 0.1) is 12.7 Å². The van der Waals surface area contributed by atoms with Crippen molar-refractivity contribution in [1.82, 2.24) is 19.8 Å². The van der Waals surface area contributed by atoms with Crippen LogP contribution in [0.5, 0.6) is 5.75 Å². The van der Waals surface area contributed by atoms with Gasteiger partial charge in [0, 0.05) is 12.5 Å². The fraction of sp³-hybridized carbons (Fsp3) is 0.458. The maximum Gasteiger partial charge on any atom is 0.261 e. The van der Waals surface area contributed by atoms with Crippen molar-refractivity contribution in [2.45, 2.75) is 45.4 Å². The van der Waals surface area contributed by atoms with Crippen molar-refractivity contribution in [2.24, 2.45) is 0 Å². The van der Waals surface area contributed by atoms with Gasteiger partial charge in [0.1, 0.15) is 17.8 Å². The van der Waals surface area contributed by atoms with E-state index in [2.05, 4.69) is 14.9 Å². The molecule has 1 aromatic heterocycles. The van der Waals surface area contributed by atoms with E-state index in [1.807, 2.05) is 36.9 Å². The summed E-state index contributed by atoms with van der Waals surface area (Å²) in [6, 6.07) is 5.68. The van der Waals surface area contributed by atoms with Crippen LogP contribution in [0.1, 0.15) is 60.3 Å². The lowest BCUT2D eigenvalue weighted by atomic mass is 9.95. The maximum atomic E-state index is 13.3. The zero-order chi connectivity index (χ0) is 22.7. The third kappa shape index (κ3) is 4.91. The number of ether oxygens (including phenoxy) is 1. The first-order valence-corrected chi connectivity index (χ1v) is 11.2. The van der Waals surface area contributed by atoms with Crippen LogP contribution in [0.25, 0.3) is 0 Å². The summed E-state index contributed by atoms with van der Waals surface area (Å²) in [5, 5.41) is 0. The van der Waals surface area contributed by atoms with Crippen molar-refractivity contribution in [3.8, 4) is 5.75 Å². The number of amides is 1. The minimum absolute atomic E-state index is 0.00867. The van der Waals surface area contributed by atoms with Crippen molar-refractivity contribution >= 4 is 11.7 Å².